The Hall–Kier alpha value is -2.63. The van der Waals surface area contributed by atoms with Crippen molar-refractivity contribution in [3.05, 3.63) is 48.6 Å². The van der Waals surface area contributed by atoms with E-state index in [4.69, 9.17) is 14.2 Å². The van der Waals surface area contributed by atoms with Crippen LogP contribution in [0.5, 0.6) is 0 Å². The highest BCUT2D eigenvalue weighted by Crippen LogP contribution is 2.17. The molecule has 6 heteroatoms. The highest BCUT2D eigenvalue weighted by molar-refractivity contribution is 5.71. The highest BCUT2D eigenvalue weighted by atomic mass is 16.6. The van der Waals surface area contributed by atoms with Crippen LogP contribution in [0.3, 0.4) is 0 Å². The van der Waals surface area contributed by atoms with Gasteiger partial charge >= 0.3 is 17.9 Å². The Bertz CT molecular complexity index is 1200. The molecule has 0 aromatic carbocycles. The maximum absolute atomic E-state index is 12.8. The average molecular weight is 968 g/mol. The quantitative estimate of drug-likeness (QED) is 0.0262. The minimum atomic E-state index is -0.790. The van der Waals surface area contributed by atoms with Gasteiger partial charge in [0.05, 0.1) is 0 Å². The summed E-state index contributed by atoms with van der Waals surface area (Å²) in [6.45, 7) is 6.48. The molecule has 1 unspecified atom stereocenters. The second-order valence-corrected chi connectivity index (χ2v) is 20.2. The van der Waals surface area contributed by atoms with Gasteiger partial charge in [0.25, 0.3) is 0 Å². The molecule has 402 valence electrons. The Morgan fingerprint density at radius 2 is 0.565 bits per heavy atom. The van der Waals surface area contributed by atoms with Crippen molar-refractivity contribution in [3.8, 4) is 0 Å². The molecule has 0 aliphatic carbocycles. The molecule has 0 aliphatic heterocycles. The summed E-state index contributed by atoms with van der Waals surface area (Å²) in [5.41, 5.74) is 0. The number of allylic oxidation sites excluding steroid dienone is 8. The topological polar surface area (TPSA) is 78.9 Å². The third kappa shape index (κ3) is 56.2. The average Bonchev–Trinajstić information content (AvgIpc) is 3.35. The maximum Gasteiger partial charge on any atom is 0.306 e. The fourth-order valence-corrected chi connectivity index (χ4v) is 8.85. The molecule has 0 bridgehead atoms. The molecule has 0 heterocycles. The molecule has 0 rings (SSSR count). The lowest BCUT2D eigenvalue weighted by Crippen LogP contribution is -2.30. The normalized spacial score (nSPS) is 12.3. The molecule has 0 saturated heterocycles. The van der Waals surface area contributed by atoms with Crippen LogP contribution in [0.25, 0.3) is 0 Å². The van der Waals surface area contributed by atoms with E-state index in [2.05, 4.69) is 69.4 Å². The third-order valence-corrected chi connectivity index (χ3v) is 13.3. The van der Waals surface area contributed by atoms with Gasteiger partial charge in [0.15, 0.2) is 6.10 Å². The smallest absolute Gasteiger partial charge is 0.306 e. The predicted molar refractivity (Wildman–Crippen MR) is 298 cm³/mol. The summed E-state index contributed by atoms with van der Waals surface area (Å²) in [6.07, 6.45) is 71.6. The Kier molecular flexibility index (Phi) is 55.7. The van der Waals surface area contributed by atoms with Gasteiger partial charge in [0.2, 0.25) is 0 Å². The molecule has 0 aromatic heterocycles. The minimum absolute atomic E-state index is 0.0865. The standard InChI is InChI=1S/C63H114O6/c1-4-7-10-13-16-18-20-22-24-25-26-27-28-29-30-31-32-33-34-35-36-37-39-40-42-44-47-50-53-56-62(65)68-59-60(58-67-61(64)55-52-49-46-15-12-9-6-3)69-63(66)57-54-51-48-45-43-41-38-23-21-19-17-14-11-8-5-2/h8,11,17,19,23,38,43,45,60H,4-7,9-10,12-16,18,20-22,24-37,39-42,44,46-59H2,1-3H3/b11-8-,19-17-,38-23-,45-43-. The van der Waals surface area contributed by atoms with Crippen LogP contribution >= 0.6 is 0 Å². The Morgan fingerprint density at radius 3 is 0.884 bits per heavy atom. The number of rotatable bonds is 55. The van der Waals surface area contributed by atoms with Crippen molar-refractivity contribution < 1.29 is 28.6 Å². The second kappa shape index (κ2) is 57.9. The van der Waals surface area contributed by atoms with Crippen molar-refractivity contribution >= 4 is 17.9 Å². The number of carbonyl (C=O) groups is 3. The highest BCUT2D eigenvalue weighted by Gasteiger charge is 2.19. The van der Waals surface area contributed by atoms with E-state index in [0.29, 0.717) is 19.3 Å². The predicted octanol–water partition coefficient (Wildman–Crippen LogP) is 20.2. The summed E-state index contributed by atoms with van der Waals surface area (Å²) in [5, 5.41) is 0. The molecule has 1 atom stereocenters. The van der Waals surface area contributed by atoms with Crippen molar-refractivity contribution in [2.75, 3.05) is 13.2 Å². The zero-order valence-corrected chi connectivity index (χ0v) is 46.1. The van der Waals surface area contributed by atoms with Crippen molar-refractivity contribution in [1.29, 1.82) is 0 Å². The van der Waals surface area contributed by atoms with Gasteiger partial charge in [0, 0.05) is 19.3 Å². The lowest BCUT2D eigenvalue weighted by atomic mass is 10.0. The molecule has 0 radical (unpaired) electrons. The van der Waals surface area contributed by atoms with E-state index < -0.39 is 6.10 Å². The number of hydrogen-bond donors (Lipinski definition) is 0. The summed E-state index contributed by atoms with van der Waals surface area (Å²) in [6, 6.07) is 0. The van der Waals surface area contributed by atoms with E-state index in [1.807, 2.05) is 0 Å². The molecule has 0 aliphatic rings. The van der Waals surface area contributed by atoms with Crippen molar-refractivity contribution in [2.45, 2.75) is 322 Å². The van der Waals surface area contributed by atoms with Crippen LogP contribution in [0.15, 0.2) is 48.6 Å². The zero-order chi connectivity index (χ0) is 50.0. The van der Waals surface area contributed by atoms with E-state index in [9.17, 15) is 14.4 Å². The van der Waals surface area contributed by atoms with Crippen molar-refractivity contribution in [2.24, 2.45) is 0 Å². The zero-order valence-electron chi connectivity index (χ0n) is 46.1. The molecule has 0 fully saturated rings. The Labute approximate surface area is 428 Å². The molecule has 6 nitrogen and oxygen atoms in total. The number of hydrogen-bond acceptors (Lipinski definition) is 6. The maximum atomic E-state index is 12.8. The SMILES string of the molecule is CC/C=C\C/C=C\C/C=C\C/C=C\CCCCC(=O)OC(COC(=O)CCCCCCCCC)COC(=O)CCCCCCCCCCCCCCCCCCCCCCCCCCCCCCC. The van der Waals surface area contributed by atoms with E-state index >= 15 is 0 Å². The molecule has 0 N–H and O–H groups in total. The van der Waals surface area contributed by atoms with Crippen LogP contribution in [0.2, 0.25) is 0 Å². The van der Waals surface area contributed by atoms with Crippen LogP contribution in [0.1, 0.15) is 316 Å². The van der Waals surface area contributed by atoms with Crippen LogP contribution in [0, 0.1) is 0 Å². The number of ether oxygens (including phenoxy) is 3. The first kappa shape index (κ1) is 66.4. The summed E-state index contributed by atoms with van der Waals surface area (Å²) < 4.78 is 16.7. The minimum Gasteiger partial charge on any atom is -0.462 e. The van der Waals surface area contributed by atoms with E-state index in [0.717, 1.165) is 77.0 Å². The van der Waals surface area contributed by atoms with Gasteiger partial charge in [0.1, 0.15) is 13.2 Å². The molecular formula is C63H114O6. The largest absolute Gasteiger partial charge is 0.462 e. The molecule has 0 aromatic rings. The van der Waals surface area contributed by atoms with Crippen LogP contribution in [-0.4, -0.2) is 37.2 Å². The number of carbonyl (C=O) groups excluding carboxylic acids is 3. The van der Waals surface area contributed by atoms with Gasteiger partial charge in [-0.3, -0.25) is 14.4 Å². The lowest BCUT2D eigenvalue weighted by Gasteiger charge is -2.18. The molecule has 69 heavy (non-hydrogen) atoms. The summed E-state index contributed by atoms with van der Waals surface area (Å²) in [4.78, 5) is 37.9. The fraction of sp³-hybridized carbons (Fsp3) is 0.825. The van der Waals surface area contributed by atoms with Gasteiger partial charge in [-0.1, -0.05) is 288 Å². The summed E-state index contributed by atoms with van der Waals surface area (Å²) in [5.74, 6) is -0.923. The first-order valence-electron chi connectivity index (χ1n) is 30.1. The monoisotopic (exact) mass is 967 g/mol. The van der Waals surface area contributed by atoms with E-state index in [1.165, 1.54) is 193 Å². The van der Waals surface area contributed by atoms with E-state index in [1.54, 1.807) is 0 Å². The van der Waals surface area contributed by atoms with Gasteiger partial charge in [-0.05, 0) is 57.8 Å². The fourth-order valence-electron chi connectivity index (χ4n) is 8.85. The van der Waals surface area contributed by atoms with Gasteiger partial charge in [-0.15, -0.1) is 0 Å². The first-order valence-corrected chi connectivity index (χ1v) is 30.1. The molecule has 0 spiro atoms. The Balaban J connectivity index is 4.04. The van der Waals surface area contributed by atoms with E-state index in [-0.39, 0.29) is 37.5 Å². The third-order valence-electron chi connectivity index (χ3n) is 13.3. The summed E-state index contributed by atoms with van der Waals surface area (Å²) in [7, 11) is 0. The van der Waals surface area contributed by atoms with Crippen LogP contribution < -0.4 is 0 Å². The number of unbranched alkanes of at least 4 members (excludes halogenated alkanes) is 36. The van der Waals surface area contributed by atoms with Gasteiger partial charge in [-0.25, -0.2) is 0 Å². The van der Waals surface area contributed by atoms with Crippen LogP contribution in [0.4, 0.5) is 0 Å². The second-order valence-electron chi connectivity index (χ2n) is 20.2. The van der Waals surface area contributed by atoms with Crippen molar-refractivity contribution in [3.63, 3.8) is 0 Å². The van der Waals surface area contributed by atoms with Crippen LogP contribution in [-0.2, 0) is 28.6 Å². The Morgan fingerprint density at radius 1 is 0.304 bits per heavy atom. The molecule has 0 saturated carbocycles. The summed E-state index contributed by atoms with van der Waals surface area (Å²) >= 11 is 0. The first-order chi connectivity index (χ1) is 34.0. The molecule has 0 amide bonds. The van der Waals surface area contributed by atoms with Gasteiger partial charge in [-0.2, -0.15) is 0 Å². The lowest BCUT2D eigenvalue weighted by molar-refractivity contribution is -0.167. The molecular weight excluding hydrogens is 853 g/mol. The van der Waals surface area contributed by atoms with Crippen molar-refractivity contribution in [1.82, 2.24) is 0 Å². The number of esters is 3. The van der Waals surface area contributed by atoms with Gasteiger partial charge < -0.3 is 14.2 Å².